The molecule has 10 aromatic carbocycles. The first-order chi connectivity index (χ1) is 31.3. The molecule has 0 heteroatoms. The number of hydrogen-bond acceptors (Lipinski definition) is 0. The molecular formula is C63H38. The van der Waals surface area contributed by atoms with E-state index in [1.807, 2.05) is 0 Å². The van der Waals surface area contributed by atoms with Crippen molar-refractivity contribution in [1.29, 1.82) is 0 Å². The minimum Gasteiger partial charge on any atom is -0.0619 e. The summed E-state index contributed by atoms with van der Waals surface area (Å²) in [6.07, 6.45) is 0.876. The summed E-state index contributed by atoms with van der Waals surface area (Å²) in [4.78, 5) is 0. The molecule has 0 atom stereocenters. The maximum absolute atomic E-state index is 2.41. The Bertz CT molecular complexity index is 3340. The summed E-state index contributed by atoms with van der Waals surface area (Å²) in [5.74, 6) is 0. The van der Waals surface area contributed by atoms with Crippen LogP contribution >= 0.6 is 0 Å². The normalized spacial score (nSPS) is 14.9. The van der Waals surface area contributed by atoms with Gasteiger partial charge in [-0.3, -0.25) is 0 Å². The Balaban J connectivity index is 0.932. The Morgan fingerprint density at radius 2 is 0.413 bits per heavy atom. The third-order valence-electron chi connectivity index (χ3n) is 15.6. The third-order valence-corrected chi connectivity index (χ3v) is 15.6. The van der Waals surface area contributed by atoms with Crippen LogP contribution in [-0.2, 0) is 17.3 Å². The van der Waals surface area contributed by atoms with E-state index in [1.165, 1.54) is 134 Å². The molecule has 0 unspecified atom stereocenters. The van der Waals surface area contributed by atoms with Crippen molar-refractivity contribution >= 4 is 0 Å². The molecule has 0 N–H and O–H groups in total. The topological polar surface area (TPSA) is 0 Å². The average Bonchev–Trinajstić information content (AvgIpc) is 4.13. The van der Waals surface area contributed by atoms with Crippen LogP contribution in [0.15, 0.2) is 218 Å². The smallest absolute Gasteiger partial charge is 0.0619 e. The van der Waals surface area contributed by atoms with E-state index >= 15 is 0 Å². The third kappa shape index (κ3) is 3.92. The van der Waals surface area contributed by atoms with Crippen LogP contribution in [-0.4, -0.2) is 0 Å². The van der Waals surface area contributed by atoms with Gasteiger partial charge in [-0.15, -0.1) is 0 Å². The Hall–Kier alpha value is -7.80. The maximum atomic E-state index is 2.41. The van der Waals surface area contributed by atoms with Crippen LogP contribution in [0.3, 0.4) is 0 Å². The van der Waals surface area contributed by atoms with Crippen molar-refractivity contribution in [3.63, 3.8) is 0 Å². The monoisotopic (exact) mass is 794 g/mol. The van der Waals surface area contributed by atoms with E-state index in [-0.39, 0.29) is 10.8 Å². The Morgan fingerprint density at radius 3 is 0.762 bits per heavy atom. The van der Waals surface area contributed by atoms with E-state index in [1.54, 1.807) is 0 Å². The van der Waals surface area contributed by atoms with Crippen LogP contribution < -0.4 is 0 Å². The predicted octanol–water partition coefficient (Wildman–Crippen LogP) is 15.3. The van der Waals surface area contributed by atoms with E-state index in [0.717, 1.165) is 6.42 Å². The second-order valence-electron chi connectivity index (χ2n) is 18.1. The molecule has 5 aliphatic rings. The van der Waals surface area contributed by atoms with Gasteiger partial charge in [-0.25, -0.2) is 0 Å². The highest BCUT2D eigenvalue weighted by atomic mass is 14.5. The summed E-state index contributed by atoms with van der Waals surface area (Å²) in [6.45, 7) is 0. The molecule has 0 saturated carbocycles. The van der Waals surface area contributed by atoms with Crippen LogP contribution in [0.25, 0.3) is 77.9 Å². The second-order valence-corrected chi connectivity index (χ2v) is 18.1. The zero-order valence-electron chi connectivity index (χ0n) is 34.5. The van der Waals surface area contributed by atoms with Crippen LogP contribution in [0, 0.1) is 0 Å². The van der Waals surface area contributed by atoms with Gasteiger partial charge in [-0.2, -0.15) is 0 Å². The first-order valence-electron chi connectivity index (χ1n) is 22.4. The highest BCUT2D eigenvalue weighted by Gasteiger charge is 2.53. The van der Waals surface area contributed by atoms with Gasteiger partial charge in [0, 0.05) is 0 Å². The van der Waals surface area contributed by atoms with Gasteiger partial charge in [0.2, 0.25) is 0 Å². The van der Waals surface area contributed by atoms with Crippen molar-refractivity contribution in [2.45, 2.75) is 17.3 Å². The zero-order chi connectivity index (χ0) is 41.0. The second kappa shape index (κ2) is 12.0. The lowest BCUT2D eigenvalue weighted by molar-refractivity contribution is 0.794. The van der Waals surface area contributed by atoms with Gasteiger partial charge in [0.25, 0.3) is 0 Å². The van der Waals surface area contributed by atoms with Crippen LogP contribution in [0.5, 0.6) is 0 Å². The van der Waals surface area contributed by atoms with Crippen molar-refractivity contribution in [2.75, 3.05) is 0 Å². The summed E-state index contributed by atoms with van der Waals surface area (Å²) in [6, 6.07) is 83.2. The number of benzene rings is 10. The van der Waals surface area contributed by atoms with Crippen LogP contribution in [0.2, 0.25) is 0 Å². The number of fused-ring (bicyclic) bond motifs is 23. The molecule has 0 radical (unpaired) electrons. The molecular weight excluding hydrogens is 757 g/mol. The molecule has 0 aliphatic heterocycles. The Kier molecular flexibility index (Phi) is 6.43. The molecule has 10 aromatic rings. The van der Waals surface area contributed by atoms with Gasteiger partial charge in [0.05, 0.1) is 10.8 Å². The highest BCUT2D eigenvalue weighted by molar-refractivity contribution is 6.04. The molecule has 290 valence electrons. The lowest BCUT2D eigenvalue weighted by atomic mass is 9.70. The Morgan fingerprint density at radius 1 is 0.190 bits per heavy atom. The van der Waals surface area contributed by atoms with Crippen LogP contribution in [0.1, 0.15) is 55.6 Å². The molecule has 0 aromatic heterocycles. The predicted molar refractivity (Wildman–Crippen MR) is 258 cm³/mol. The molecule has 5 aliphatic carbocycles. The Labute approximate surface area is 367 Å². The summed E-state index contributed by atoms with van der Waals surface area (Å²) in [5, 5.41) is 0. The van der Waals surface area contributed by atoms with E-state index in [9.17, 15) is 0 Å². The number of hydrogen-bond donors (Lipinski definition) is 0. The SMILES string of the molecule is c1ccc2c(c1)-c1ccccc1C21c2ccccc2-c2c(-c3cccc4c3Cc3c-4cccc3-c3cccc4c3-c3ccccc3C43c4ccccc4-c4ccccc43)cccc21. The van der Waals surface area contributed by atoms with E-state index in [0.29, 0.717) is 0 Å². The largest absolute Gasteiger partial charge is 0.0725 e. The van der Waals surface area contributed by atoms with Gasteiger partial charge < -0.3 is 0 Å². The molecule has 63 heavy (non-hydrogen) atoms. The maximum Gasteiger partial charge on any atom is 0.0725 e. The van der Waals surface area contributed by atoms with Crippen molar-refractivity contribution < 1.29 is 0 Å². The molecule has 15 rings (SSSR count). The minimum absolute atomic E-state index is 0.370. The molecule has 0 saturated heterocycles. The van der Waals surface area contributed by atoms with Crippen molar-refractivity contribution in [3.05, 3.63) is 274 Å². The van der Waals surface area contributed by atoms with Crippen molar-refractivity contribution in [3.8, 4) is 77.9 Å². The van der Waals surface area contributed by atoms with Crippen molar-refractivity contribution in [1.82, 2.24) is 0 Å². The van der Waals surface area contributed by atoms with E-state index in [2.05, 4.69) is 218 Å². The molecule has 2 spiro atoms. The molecule has 0 nitrogen and oxygen atoms in total. The quantitative estimate of drug-likeness (QED) is 0.164. The average molecular weight is 795 g/mol. The van der Waals surface area contributed by atoms with Gasteiger partial charge in [0.15, 0.2) is 0 Å². The zero-order valence-corrected chi connectivity index (χ0v) is 34.5. The fourth-order valence-corrected chi connectivity index (χ4v) is 13.5. The van der Waals surface area contributed by atoms with E-state index in [4.69, 9.17) is 0 Å². The first-order valence-corrected chi connectivity index (χ1v) is 22.4. The standard InChI is InChI=1S/C63H38/c1-7-29-52-42(17-1)43-18-2-8-30-53(43)62(52)56-33-11-5-21-48(56)60-46(27-15-35-58(60)62)40-25-13-23-38-39-24-14-26-41(51(39)37-50(38)40)47-28-16-36-59-61(47)49-22-6-12-34-57(49)63(59)54-31-9-3-19-44(54)45-20-4-10-32-55(45)63/h1-36H,37H2. The molecule has 0 heterocycles. The minimum atomic E-state index is -0.370. The summed E-state index contributed by atoms with van der Waals surface area (Å²) >= 11 is 0. The summed E-state index contributed by atoms with van der Waals surface area (Å²) in [7, 11) is 0. The highest BCUT2D eigenvalue weighted by Crippen LogP contribution is 2.66. The molecule has 0 fully saturated rings. The lowest BCUT2D eigenvalue weighted by Crippen LogP contribution is -2.25. The van der Waals surface area contributed by atoms with Gasteiger partial charge in [-0.05, 0) is 140 Å². The molecule has 0 amide bonds. The van der Waals surface area contributed by atoms with E-state index < -0.39 is 0 Å². The fourth-order valence-electron chi connectivity index (χ4n) is 13.5. The van der Waals surface area contributed by atoms with Gasteiger partial charge >= 0.3 is 0 Å². The number of rotatable bonds is 2. The van der Waals surface area contributed by atoms with Gasteiger partial charge in [-0.1, -0.05) is 218 Å². The van der Waals surface area contributed by atoms with Crippen LogP contribution in [0.4, 0.5) is 0 Å². The van der Waals surface area contributed by atoms with Crippen molar-refractivity contribution in [2.24, 2.45) is 0 Å². The summed E-state index contributed by atoms with van der Waals surface area (Å²) < 4.78 is 0. The van der Waals surface area contributed by atoms with Gasteiger partial charge in [0.1, 0.15) is 0 Å². The molecule has 0 bridgehead atoms. The lowest BCUT2D eigenvalue weighted by Gasteiger charge is -2.30. The fraction of sp³-hybridized carbons (Fsp3) is 0.0476. The summed E-state index contributed by atoms with van der Waals surface area (Å²) in [5.41, 5.74) is 31.9. The first kappa shape index (κ1) is 33.9.